The van der Waals surface area contributed by atoms with Crippen molar-refractivity contribution < 1.29 is 32.8 Å². The zero-order valence-corrected chi connectivity index (χ0v) is 38.4. The van der Waals surface area contributed by atoms with E-state index in [2.05, 4.69) is 102 Å². The lowest BCUT2D eigenvalue weighted by atomic mass is 9.84. The van der Waals surface area contributed by atoms with E-state index in [1.807, 2.05) is 41.0 Å². The first-order chi connectivity index (χ1) is 31.1. The Morgan fingerprint density at radius 3 is 2.11 bits per heavy atom. The number of nitrogens with zero attached hydrogens (tertiary/aromatic N) is 6. The van der Waals surface area contributed by atoms with Gasteiger partial charge < -0.3 is 33.3 Å². The molecule has 1 N–H and O–H groups in total. The third-order valence-corrected chi connectivity index (χ3v) is 15.3. The highest BCUT2D eigenvalue weighted by atomic mass is 32.2. The molecule has 16 heteroatoms. The largest absolute Gasteiger partial charge is 0.497 e. The van der Waals surface area contributed by atoms with Gasteiger partial charge in [0, 0.05) is 23.4 Å². The van der Waals surface area contributed by atoms with E-state index in [0.717, 1.165) is 28.2 Å². The number of fused-ring (bicyclic) bond motifs is 3. The van der Waals surface area contributed by atoms with Crippen LogP contribution in [0.1, 0.15) is 67.4 Å². The smallest absolute Gasteiger partial charge is 0.259 e. The number of benzene rings is 4. The molecule has 4 aromatic carbocycles. The van der Waals surface area contributed by atoms with Crippen LogP contribution in [0.25, 0.3) is 11.2 Å². The topological polar surface area (TPSA) is 155 Å². The molecular weight excluding hydrogens is 850 g/mol. The Hall–Kier alpha value is -5.43. The van der Waals surface area contributed by atoms with Crippen LogP contribution in [-0.4, -0.2) is 93.2 Å². The van der Waals surface area contributed by atoms with Crippen molar-refractivity contribution in [3.05, 3.63) is 144 Å². The molecule has 0 radical (unpaired) electrons. The molecule has 64 heavy (non-hydrogen) atoms. The number of hydrogen-bond donors (Lipinski definition) is 1. The van der Waals surface area contributed by atoms with Gasteiger partial charge in [0.05, 0.1) is 51.0 Å². The third kappa shape index (κ3) is 8.84. The summed E-state index contributed by atoms with van der Waals surface area (Å²) in [6.07, 6.45) is 1.24. The van der Waals surface area contributed by atoms with E-state index in [0.29, 0.717) is 22.5 Å². The summed E-state index contributed by atoms with van der Waals surface area (Å²) in [7, 11) is 1.61. The highest BCUT2D eigenvalue weighted by Crippen LogP contribution is 2.59. The van der Waals surface area contributed by atoms with E-state index in [4.69, 9.17) is 33.0 Å². The summed E-state index contributed by atoms with van der Waals surface area (Å²) < 4.78 is 42.5. The molecule has 2 bridgehead atoms. The van der Waals surface area contributed by atoms with E-state index in [9.17, 15) is 10.1 Å². The minimum absolute atomic E-state index is 0.0601. The number of thioether (sulfide) groups is 1. The Labute approximate surface area is 379 Å². The molecule has 2 aromatic heterocycles. The highest BCUT2D eigenvalue weighted by molar-refractivity contribution is 8.00. The fourth-order valence-electron chi connectivity index (χ4n) is 8.47. The summed E-state index contributed by atoms with van der Waals surface area (Å²) in [5.41, 5.74) is 3.42. The standard InChI is InChI=1S/C48H52N7O7PS/c1-32(2)55(33(3)4)63(60-27-13-26-49)62-42-41-46(54-31-52-40-43(50-30-51-44(40)54)53-45(56)34-14-9-7-10-15-34)61-47(42,28-59-41)29-64-48(35-16-11-8-12-17-35,36-18-22-38(57-5)23-19-36)37-20-24-39(58-6)25-21-37/h7-12,14-25,30-33,41-42,46H,13,27-29H2,1-6H3,(H,50,51,53,56). The summed E-state index contributed by atoms with van der Waals surface area (Å²) in [4.78, 5) is 27.0. The molecule has 2 saturated heterocycles. The number of nitrogens with one attached hydrogen (secondary N) is 1. The van der Waals surface area contributed by atoms with Crippen molar-refractivity contribution in [2.24, 2.45) is 0 Å². The number of rotatable bonds is 19. The average Bonchev–Trinajstić information content (AvgIpc) is 4.00. The molecule has 2 fully saturated rings. The van der Waals surface area contributed by atoms with Crippen molar-refractivity contribution in [3.8, 4) is 17.6 Å². The van der Waals surface area contributed by atoms with Crippen molar-refractivity contribution in [1.29, 1.82) is 5.26 Å². The number of imidazole rings is 1. The first kappa shape index (κ1) is 45.1. The number of ether oxygens (including phenoxy) is 4. The maximum atomic E-state index is 13.3. The van der Waals surface area contributed by atoms with Gasteiger partial charge in [-0.2, -0.15) is 5.26 Å². The molecule has 6 aromatic rings. The SMILES string of the molecule is COc1ccc(C(SCC23COC(C(n4cnc5c(NC(=O)c6ccccc6)ncnc54)O2)C3OP(OCCC#N)N(C(C)C)C(C)C)(c2ccccc2)c2ccc(OC)cc2)cc1. The van der Waals surface area contributed by atoms with Crippen LogP contribution in [0.3, 0.4) is 0 Å². The van der Waals surface area contributed by atoms with Gasteiger partial charge in [-0.1, -0.05) is 72.8 Å². The number of carbonyl (C=O) groups is 1. The van der Waals surface area contributed by atoms with Crippen LogP contribution in [0.4, 0.5) is 5.82 Å². The summed E-state index contributed by atoms with van der Waals surface area (Å²) in [5.74, 6) is 1.85. The van der Waals surface area contributed by atoms with Crippen LogP contribution in [0.2, 0.25) is 0 Å². The molecule has 332 valence electrons. The molecule has 5 atom stereocenters. The predicted molar refractivity (Wildman–Crippen MR) is 247 cm³/mol. The van der Waals surface area contributed by atoms with Crippen molar-refractivity contribution >= 4 is 43.2 Å². The molecule has 0 saturated carbocycles. The predicted octanol–water partition coefficient (Wildman–Crippen LogP) is 9.15. The average molecular weight is 902 g/mol. The minimum Gasteiger partial charge on any atom is -0.497 e. The van der Waals surface area contributed by atoms with Crippen molar-refractivity contribution in [1.82, 2.24) is 24.2 Å². The fourth-order valence-corrected chi connectivity index (χ4v) is 12.0. The second-order valence-corrected chi connectivity index (χ2v) is 18.7. The molecule has 0 spiro atoms. The van der Waals surface area contributed by atoms with Gasteiger partial charge in [0.15, 0.2) is 23.2 Å². The van der Waals surface area contributed by atoms with Crippen LogP contribution in [-0.2, 0) is 23.3 Å². The summed E-state index contributed by atoms with van der Waals surface area (Å²) >= 11 is 1.73. The fraction of sp³-hybridized carbons (Fsp3) is 0.354. The molecule has 0 aliphatic carbocycles. The maximum absolute atomic E-state index is 13.3. The summed E-state index contributed by atoms with van der Waals surface area (Å²) in [5, 5.41) is 12.4. The van der Waals surface area contributed by atoms with E-state index in [1.54, 1.807) is 56.6 Å². The maximum Gasteiger partial charge on any atom is 0.259 e. The lowest BCUT2D eigenvalue weighted by Gasteiger charge is -2.41. The normalized spacial score (nSPS) is 19.9. The Balaban J connectivity index is 1.23. The van der Waals surface area contributed by atoms with Crippen molar-refractivity contribution in [2.75, 3.05) is 38.5 Å². The van der Waals surface area contributed by atoms with Crippen LogP contribution in [0, 0.1) is 11.3 Å². The van der Waals surface area contributed by atoms with Crippen LogP contribution < -0.4 is 14.8 Å². The van der Waals surface area contributed by atoms with Gasteiger partial charge in [-0.05, 0) is 80.8 Å². The van der Waals surface area contributed by atoms with Gasteiger partial charge in [0.1, 0.15) is 35.6 Å². The summed E-state index contributed by atoms with van der Waals surface area (Å²) in [6.45, 7) is 8.88. The third-order valence-electron chi connectivity index (χ3n) is 11.4. The second-order valence-electron chi connectivity index (χ2n) is 16.1. The quantitative estimate of drug-likeness (QED) is 0.0467. The van der Waals surface area contributed by atoms with Crippen molar-refractivity contribution in [2.45, 2.75) is 75.0 Å². The first-order valence-corrected chi connectivity index (χ1v) is 23.3. The minimum atomic E-state index is -1.71. The Kier molecular flexibility index (Phi) is 13.9. The molecule has 5 unspecified atom stereocenters. The van der Waals surface area contributed by atoms with Gasteiger partial charge >= 0.3 is 0 Å². The molecular formula is C48H52N7O7PS. The molecule has 8 rings (SSSR count). The summed E-state index contributed by atoms with van der Waals surface area (Å²) in [6, 6.07) is 38.1. The van der Waals surface area contributed by atoms with E-state index >= 15 is 0 Å². The van der Waals surface area contributed by atoms with Crippen LogP contribution in [0.15, 0.2) is 122 Å². The number of methoxy groups -OCH3 is 2. The Morgan fingerprint density at radius 1 is 0.906 bits per heavy atom. The molecule has 14 nitrogen and oxygen atoms in total. The zero-order chi connectivity index (χ0) is 44.8. The van der Waals surface area contributed by atoms with Crippen molar-refractivity contribution in [3.63, 3.8) is 0 Å². The van der Waals surface area contributed by atoms with Gasteiger partial charge in [0.25, 0.3) is 14.4 Å². The van der Waals surface area contributed by atoms with E-state index in [-0.39, 0.29) is 43.4 Å². The Morgan fingerprint density at radius 2 is 1.52 bits per heavy atom. The number of amides is 1. The number of carbonyl (C=O) groups excluding carboxylic acids is 1. The lowest BCUT2D eigenvalue weighted by molar-refractivity contribution is -0.162. The number of hydrogen-bond acceptors (Lipinski definition) is 13. The van der Waals surface area contributed by atoms with E-state index in [1.165, 1.54) is 6.33 Å². The van der Waals surface area contributed by atoms with Gasteiger partial charge in [-0.3, -0.25) is 9.36 Å². The number of aromatic nitrogens is 4. The van der Waals surface area contributed by atoms with Crippen LogP contribution in [0.5, 0.6) is 11.5 Å². The number of nitriles is 1. The Bertz CT molecular complexity index is 2490. The van der Waals surface area contributed by atoms with Gasteiger partial charge in [0.2, 0.25) is 0 Å². The lowest BCUT2D eigenvalue weighted by Crippen LogP contribution is -2.46. The highest BCUT2D eigenvalue weighted by Gasteiger charge is 2.65. The monoisotopic (exact) mass is 901 g/mol. The second kappa shape index (κ2) is 19.8. The molecule has 1 amide bonds. The molecule has 2 aliphatic heterocycles. The zero-order valence-electron chi connectivity index (χ0n) is 36.7. The van der Waals surface area contributed by atoms with Gasteiger partial charge in [-0.25, -0.2) is 19.6 Å². The number of anilines is 1. The van der Waals surface area contributed by atoms with Crippen LogP contribution >= 0.6 is 20.3 Å². The van der Waals surface area contributed by atoms with Gasteiger partial charge in [-0.15, -0.1) is 11.8 Å². The first-order valence-electron chi connectivity index (χ1n) is 21.2. The van der Waals surface area contributed by atoms with E-state index < -0.39 is 37.3 Å². The molecule has 2 aliphatic rings. The molecule has 4 heterocycles.